The fourth-order valence-corrected chi connectivity index (χ4v) is 2.58. The Morgan fingerprint density at radius 1 is 1.35 bits per heavy atom. The summed E-state index contributed by atoms with van der Waals surface area (Å²) in [6, 6.07) is 3.52. The normalized spacial score (nSPS) is 18.7. The van der Waals surface area contributed by atoms with Crippen LogP contribution in [0.1, 0.15) is 23.3 Å². The highest BCUT2D eigenvalue weighted by atomic mass is 35.5. The van der Waals surface area contributed by atoms with Crippen molar-refractivity contribution in [1.82, 2.24) is 20.4 Å². The van der Waals surface area contributed by atoms with Crippen molar-refractivity contribution in [3.8, 4) is 0 Å². The van der Waals surface area contributed by atoms with Crippen molar-refractivity contribution in [3.05, 3.63) is 47.1 Å². The average molecular weight is 345 g/mol. The van der Waals surface area contributed by atoms with E-state index in [2.05, 4.69) is 20.4 Å². The lowest BCUT2D eigenvalue weighted by atomic mass is 10.1. The van der Waals surface area contributed by atoms with E-state index in [9.17, 15) is 8.78 Å². The van der Waals surface area contributed by atoms with Crippen LogP contribution in [0.2, 0.25) is 0 Å². The van der Waals surface area contributed by atoms with Gasteiger partial charge >= 0.3 is 0 Å². The number of nitrogens with one attached hydrogen (secondary N) is 1. The Hall–Kier alpha value is -1.57. The maximum Gasteiger partial charge on any atom is 0.227 e. The molecule has 1 aliphatic heterocycles. The second kappa shape index (κ2) is 7.81. The lowest BCUT2D eigenvalue weighted by Gasteiger charge is -2.30. The molecule has 23 heavy (non-hydrogen) atoms. The molecule has 2 heterocycles. The predicted octanol–water partition coefficient (Wildman–Crippen LogP) is 2.13. The molecule has 1 aromatic heterocycles. The van der Waals surface area contributed by atoms with Crippen molar-refractivity contribution < 1.29 is 13.3 Å². The highest BCUT2D eigenvalue weighted by Crippen LogP contribution is 2.18. The first-order valence-corrected chi connectivity index (χ1v) is 7.31. The Morgan fingerprint density at radius 3 is 2.96 bits per heavy atom. The number of likely N-dealkylation sites (N-methyl/N-ethyl adjacent to an activating group) is 1. The van der Waals surface area contributed by atoms with Crippen LogP contribution in [-0.4, -0.2) is 41.7 Å². The fourth-order valence-electron chi connectivity index (χ4n) is 2.58. The van der Waals surface area contributed by atoms with Crippen molar-refractivity contribution in [2.45, 2.75) is 18.9 Å². The molecule has 0 aliphatic carbocycles. The summed E-state index contributed by atoms with van der Waals surface area (Å²) >= 11 is 0. The van der Waals surface area contributed by atoms with Gasteiger partial charge in [0.2, 0.25) is 5.89 Å². The monoisotopic (exact) mass is 344 g/mol. The zero-order chi connectivity index (χ0) is 15.5. The van der Waals surface area contributed by atoms with Gasteiger partial charge in [0, 0.05) is 26.1 Å². The fraction of sp³-hybridized carbons (Fsp3) is 0.467. The third-order valence-electron chi connectivity index (χ3n) is 3.91. The van der Waals surface area contributed by atoms with E-state index in [4.69, 9.17) is 4.52 Å². The predicted molar refractivity (Wildman–Crippen MR) is 83.6 cm³/mol. The number of piperazine rings is 1. The highest BCUT2D eigenvalue weighted by Gasteiger charge is 2.25. The molecule has 0 saturated carbocycles. The molecule has 3 rings (SSSR count). The van der Waals surface area contributed by atoms with Gasteiger partial charge in [0.25, 0.3) is 0 Å². The lowest BCUT2D eigenvalue weighted by molar-refractivity contribution is 0.190. The quantitative estimate of drug-likeness (QED) is 0.921. The number of nitrogens with zero attached hydrogens (tertiary/aromatic N) is 3. The summed E-state index contributed by atoms with van der Waals surface area (Å²) in [5.74, 6) is 0.205. The number of benzene rings is 1. The van der Waals surface area contributed by atoms with Crippen molar-refractivity contribution in [2.75, 3.05) is 26.7 Å². The van der Waals surface area contributed by atoms with Crippen LogP contribution in [0.3, 0.4) is 0 Å². The first-order valence-electron chi connectivity index (χ1n) is 7.31. The molecule has 1 aliphatic rings. The van der Waals surface area contributed by atoms with Gasteiger partial charge in [-0.3, -0.25) is 4.90 Å². The second-order valence-corrected chi connectivity index (χ2v) is 5.48. The van der Waals surface area contributed by atoms with Gasteiger partial charge in [-0.2, -0.15) is 4.98 Å². The van der Waals surface area contributed by atoms with Gasteiger partial charge in [-0.05, 0) is 37.2 Å². The SMILES string of the molecule is CN1CCNCC1c1noc(CCc2cc(F)ccc2F)n1.Cl. The molecule has 8 heteroatoms. The van der Waals surface area contributed by atoms with Crippen LogP contribution in [0.15, 0.2) is 22.7 Å². The van der Waals surface area contributed by atoms with Crippen LogP contribution in [0.25, 0.3) is 0 Å². The van der Waals surface area contributed by atoms with Crippen molar-refractivity contribution in [2.24, 2.45) is 0 Å². The van der Waals surface area contributed by atoms with Crippen LogP contribution >= 0.6 is 12.4 Å². The van der Waals surface area contributed by atoms with Crippen molar-refractivity contribution >= 4 is 12.4 Å². The Labute approximate surface area is 139 Å². The van der Waals surface area contributed by atoms with Crippen LogP contribution in [-0.2, 0) is 12.8 Å². The van der Waals surface area contributed by atoms with Crippen LogP contribution in [0.4, 0.5) is 8.78 Å². The summed E-state index contributed by atoms with van der Waals surface area (Å²) in [7, 11) is 2.02. The minimum absolute atomic E-state index is 0. The number of aromatic nitrogens is 2. The molecule has 0 spiro atoms. The topological polar surface area (TPSA) is 54.2 Å². The van der Waals surface area contributed by atoms with E-state index in [1.54, 1.807) is 0 Å². The van der Waals surface area contributed by atoms with E-state index in [0.717, 1.165) is 31.8 Å². The lowest BCUT2D eigenvalue weighted by Crippen LogP contribution is -2.44. The van der Waals surface area contributed by atoms with Gasteiger partial charge in [-0.1, -0.05) is 5.16 Å². The Kier molecular flexibility index (Phi) is 6.04. The Balaban J connectivity index is 0.00000192. The first-order chi connectivity index (χ1) is 10.6. The molecule has 0 radical (unpaired) electrons. The zero-order valence-corrected chi connectivity index (χ0v) is 13.6. The number of rotatable bonds is 4. The van der Waals surface area contributed by atoms with Gasteiger partial charge < -0.3 is 9.84 Å². The summed E-state index contributed by atoms with van der Waals surface area (Å²) in [6.07, 6.45) is 0.710. The molecule has 1 atom stereocenters. The van der Waals surface area contributed by atoms with Gasteiger partial charge in [0.15, 0.2) is 5.82 Å². The number of aryl methyl sites for hydroxylation is 2. The van der Waals surface area contributed by atoms with Crippen LogP contribution in [0, 0.1) is 11.6 Å². The molecule has 5 nitrogen and oxygen atoms in total. The summed E-state index contributed by atoms with van der Waals surface area (Å²) < 4.78 is 31.9. The molecule has 1 unspecified atom stereocenters. The number of hydrogen-bond acceptors (Lipinski definition) is 5. The zero-order valence-electron chi connectivity index (χ0n) is 12.8. The van der Waals surface area contributed by atoms with Gasteiger partial charge in [0.1, 0.15) is 11.6 Å². The van der Waals surface area contributed by atoms with E-state index < -0.39 is 11.6 Å². The Morgan fingerprint density at radius 2 is 2.17 bits per heavy atom. The van der Waals surface area contributed by atoms with Crippen LogP contribution < -0.4 is 5.32 Å². The van der Waals surface area contributed by atoms with Crippen molar-refractivity contribution in [1.29, 1.82) is 0 Å². The van der Waals surface area contributed by atoms with Crippen molar-refractivity contribution in [3.63, 3.8) is 0 Å². The molecule has 126 valence electrons. The van der Waals surface area contributed by atoms with Crippen LogP contribution in [0.5, 0.6) is 0 Å². The molecule has 2 aromatic rings. The first kappa shape index (κ1) is 17.8. The molecule has 1 aromatic carbocycles. The third-order valence-corrected chi connectivity index (χ3v) is 3.91. The van der Waals surface area contributed by atoms with Gasteiger partial charge in [-0.15, -0.1) is 12.4 Å². The van der Waals surface area contributed by atoms with Gasteiger partial charge in [-0.25, -0.2) is 8.78 Å². The number of hydrogen-bond donors (Lipinski definition) is 1. The third kappa shape index (κ3) is 4.25. The maximum absolute atomic E-state index is 13.6. The maximum atomic E-state index is 13.6. The summed E-state index contributed by atoms with van der Waals surface area (Å²) in [4.78, 5) is 6.54. The van der Waals surface area contributed by atoms with E-state index in [-0.39, 0.29) is 18.4 Å². The molecule has 1 saturated heterocycles. The smallest absolute Gasteiger partial charge is 0.227 e. The summed E-state index contributed by atoms with van der Waals surface area (Å²) in [5.41, 5.74) is 0.316. The van der Waals surface area contributed by atoms with E-state index in [1.807, 2.05) is 7.05 Å². The average Bonchev–Trinajstić information content (AvgIpc) is 2.97. The largest absolute Gasteiger partial charge is 0.339 e. The summed E-state index contributed by atoms with van der Waals surface area (Å²) in [6.45, 7) is 2.63. The number of halogens is 3. The van der Waals surface area contributed by atoms with E-state index in [1.165, 1.54) is 6.07 Å². The molecule has 0 bridgehead atoms. The van der Waals surface area contributed by atoms with E-state index in [0.29, 0.717) is 30.1 Å². The molecule has 1 N–H and O–H groups in total. The minimum Gasteiger partial charge on any atom is -0.339 e. The second-order valence-electron chi connectivity index (χ2n) is 5.48. The van der Waals surface area contributed by atoms with Gasteiger partial charge in [0.05, 0.1) is 6.04 Å². The van der Waals surface area contributed by atoms with E-state index >= 15 is 0 Å². The standard InChI is InChI=1S/C15H18F2N4O.ClH/c1-21-7-6-18-9-13(21)15-19-14(22-20-15)5-2-10-8-11(16)3-4-12(10)17;/h3-4,8,13,18H,2,5-7,9H2,1H3;1H. The minimum atomic E-state index is -0.447. The molecule has 0 amide bonds. The highest BCUT2D eigenvalue weighted by molar-refractivity contribution is 5.85. The molecular weight excluding hydrogens is 326 g/mol. The molecule has 1 fully saturated rings. The Bertz CT molecular complexity index is 652. The molecular formula is C15H19ClF2N4O. The summed E-state index contributed by atoms with van der Waals surface area (Å²) in [5, 5.41) is 7.30.